The Bertz CT molecular complexity index is 674. The summed E-state index contributed by atoms with van der Waals surface area (Å²) in [5.41, 5.74) is 1.77. The zero-order chi connectivity index (χ0) is 17.2. The molecule has 0 atom stereocenters. The quantitative estimate of drug-likeness (QED) is 0.769. The second kappa shape index (κ2) is 6.64. The highest BCUT2D eigenvalue weighted by molar-refractivity contribution is 5.73. The third-order valence-corrected chi connectivity index (χ3v) is 3.89. The highest BCUT2D eigenvalue weighted by Gasteiger charge is 2.35. The van der Waals surface area contributed by atoms with Crippen molar-refractivity contribution in [3.05, 3.63) is 35.7 Å². The van der Waals surface area contributed by atoms with Gasteiger partial charge in [-0.05, 0) is 36.1 Å². The third kappa shape index (κ3) is 3.51. The molecule has 126 valence electrons. The van der Waals surface area contributed by atoms with Crippen molar-refractivity contribution in [2.75, 3.05) is 18.5 Å². The lowest BCUT2D eigenvalue weighted by Crippen LogP contribution is -2.25. The van der Waals surface area contributed by atoms with Gasteiger partial charge in [-0.25, -0.2) is 0 Å². The number of hydrogen-bond donors (Lipinski definition) is 0. The van der Waals surface area contributed by atoms with Crippen LogP contribution in [0.4, 0.5) is 18.9 Å². The van der Waals surface area contributed by atoms with E-state index in [1.165, 1.54) is 16.9 Å². The van der Waals surface area contributed by atoms with Gasteiger partial charge in [0.1, 0.15) is 0 Å². The van der Waals surface area contributed by atoms with Crippen LogP contribution < -0.4 is 4.90 Å². The van der Waals surface area contributed by atoms with E-state index in [-0.39, 0.29) is 5.56 Å². The minimum absolute atomic E-state index is 0.213. The van der Waals surface area contributed by atoms with Gasteiger partial charge in [0.05, 0.1) is 11.8 Å². The van der Waals surface area contributed by atoms with E-state index in [2.05, 4.69) is 5.10 Å². The van der Waals surface area contributed by atoms with E-state index in [1.807, 2.05) is 25.8 Å². The van der Waals surface area contributed by atoms with Gasteiger partial charge < -0.3 is 4.90 Å². The molecule has 0 amide bonds. The van der Waals surface area contributed by atoms with Crippen LogP contribution in [-0.2, 0) is 19.6 Å². The summed E-state index contributed by atoms with van der Waals surface area (Å²) in [5.74, 6) is 0. The first kappa shape index (κ1) is 17.4. The summed E-state index contributed by atoms with van der Waals surface area (Å²) < 4.78 is 41.7. The van der Waals surface area contributed by atoms with Gasteiger partial charge in [-0.15, -0.1) is 0 Å². The predicted molar refractivity (Wildman–Crippen MR) is 86.6 cm³/mol. The number of anilines is 1. The largest absolute Gasteiger partial charge is 0.417 e. The van der Waals surface area contributed by atoms with Crippen molar-refractivity contribution in [3.8, 4) is 11.1 Å². The lowest BCUT2D eigenvalue weighted by molar-refractivity contribution is -0.137. The highest BCUT2D eigenvalue weighted by Crippen LogP contribution is 2.41. The maximum Gasteiger partial charge on any atom is 0.417 e. The number of fused-ring (bicyclic) bond motifs is 1. The third-order valence-electron chi connectivity index (χ3n) is 3.89. The van der Waals surface area contributed by atoms with Gasteiger partial charge in [0.25, 0.3) is 0 Å². The molecule has 0 saturated carbocycles. The van der Waals surface area contributed by atoms with E-state index in [4.69, 9.17) is 0 Å². The molecule has 0 N–H and O–H groups in total. The minimum Gasteiger partial charge on any atom is -0.374 e. The van der Waals surface area contributed by atoms with E-state index in [0.29, 0.717) is 11.3 Å². The first-order chi connectivity index (χ1) is 10.9. The van der Waals surface area contributed by atoms with Crippen LogP contribution in [0.2, 0.25) is 0 Å². The molecule has 0 fully saturated rings. The Morgan fingerprint density at radius 2 is 1.83 bits per heavy atom. The van der Waals surface area contributed by atoms with Gasteiger partial charge >= 0.3 is 6.18 Å². The number of benzene rings is 1. The summed E-state index contributed by atoms with van der Waals surface area (Å²) >= 11 is 0. The molecule has 0 spiro atoms. The molecule has 1 aromatic heterocycles. The molecule has 1 aliphatic heterocycles. The van der Waals surface area contributed by atoms with Crippen molar-refractivity contribution in [3.63, 3.8) is 0 Å². The van der Waals surface area contributed by atoms with Crippen molar-refractivity contribution in [1.29, 1.82) is 0 Å². The van der Waals surface area contributed by atoms with Crippen molar-refractivity contribution < 1.29 is 13.2 Å². The molecule has 6 heteroatoms. The molecule has 3 rings (SSSR count). The number of aryl methyl sites for hydroxylation is 2. The SMILES string of the molecule is CC.CN1CCCc2cc(-c3cnn(C)c3)c(C(F)(F)F)cc21. The fraction of sp³-hybridized carbons (Fsp3) is 0.471. The van der Waals surface area contributed by atoms with Crippen molar-refractivity contribution >= 4 is 5.69 Å². The lowest BCUT2D eigenvalue weighted by atomic mass is 9.93. The van der Waals surface area contributed by atoms with Gasteiger partial charge in [0.2, 0.25) is 0 Å². The van der Waals surface area contributed by atoms with Crippen molar-refractivity contribution in [1.82, 2.24) is 9.78 Å². The molecule has 0 aliphatic carbocycles. The molecule has 1 aliphatic rings. The Morgan fingerprint density at radius 1 is 1.13 bits per heavy atom. The molecule has 0 unspecified atom stereocenters. The number of hydrogen-bond acceptors (Lipinski definition) is 2. The molecule has 0 saturated heterocycles. The van der Waals surface area contributed by atoms with Crippen LogP contribution in [0.1, 0.15) is 31.4 Å². The monoisotopic (exact) mass is 325 g/mol. The van der Waals surface area contributed by atoms with Crippen molar-refractivity contribution in [2.24, 2.45) is 7.05 Å². The fourth-order valence-corrected chi connectivity index (χ4v) is 2.85. The van der Waals surface area contributed by atoms with E-state index in [1.54, 1.807) is 19.3 Å². The van der Waals surface area contributed by atoms with Crippen LogP contribution in [-0.4, -0.2) is 23.4 Å². The van der Waals surface area contributed by atoms with Crippen LogP contribution in [0, 0.1) is 0 Å². The molecule has 0 bridgehead atoms. The van der Waals surface area contributed by atoms with Gasteiger partial charge in [0.15, 0.2) is 0 Å². The van der Waals surface area contributed by atoms with Crippen LogP contribution in [0.3, 0.4) is 0 Å². The van der Waals surface area contributed by atoms with E-state index >= 15 is 0 Å². The number of rotatable bonds is 1. The van der Waals surface area contributed by atoms with Gasteiger partial charge in [0, 0.05) is 38.1 Å². The van der Waals surface area contributed by atoms with Gasteiger partial charge in [-0.1, -0.05) is 13.8 Å². The smallest absolute Gasteiger partial charge is 0.374 e. The molecule has 2 aromatic rings. The van der Waals surface area contributed by atoms with E-state index in [0.717, 1.165) is 24.9 Å². The maximum absolute atomic E-state index is 13.4. The topological polar surface area (TPSA) is 21.1 Å². The maximum atomic E-state index is 13.4. The summed E-state index contributed by atoms with van der Waals surface area (Å²) in [6.45, 7) is 4.79. The van der Waals surface area contributed by atoms with E-state index in [9.17, 15) is 13.2 Å². The normalized spacial score (nSPS) is 14.1. The summed E-state index contributed by atoms with van der Waals surface area (Å²) in [6, 6.07) is 2.95. The second-order valence-electron chi connectivity index (χ2n) is 5.45. The van der Waals surface area contributed by atoms with Crippen LogP contribution in [0.25, 0.3) is 11.1 Å². The summed E-state index contributed by atoms with van der Waals surface area (Å²) in [4.78, 5) is 1.89. The fourth-order valence-electron chi connectivity index (χ4n) is 2.85. The van der Waals surface area contributed by atoms with Crippen molar-refractivity contribution in [2.45, 2.75) is 32.9 Å². The zero-order valence-corrected chi connectivity index (χ0v) is 13.9. The van der Waals surface area contributed by atoms with Crippen LogP contribution in [0.15, 0.2) is 24.5 Å². The molecule has 3 nitrogen and oxygen atoms in total. The molecule has 0 radical (unpaired) electrons. The average molecular weight is 325 g/mol. The Kier molecular flexibility index (Phi) is 5.02. The molecule has 2 heterocycles. The highest BCUT2D eigenvalue weighted by atomic mass is 19.4. The first-order valence-corrected chi connectivity index (χ1v) is 7.80. The van der Waals surface area contributed by atoms with Gasteiger partial charge in [-0.2, -0.15) is 18.3 Å². The molecular formula is C17H22F3N3. The zero-order valence-electron chi connectivity index (χ0n) is 13.9. The van der Waals surface area contributed by atoms with Crippen LogP contribution in [0.5, 0.6) is 0 Å². The number of nitrogens with zero attached hydrogens (tertiary/aromatic N) is 3. The number of alkyl halides is 3. The standard InChI is InChI=1S/C15H16F3N3.C2H6/c1-20-5-3-4-10-6-12(11-8-19-21(2)9-11)13(7-14(10)20)15(16,17)18;1-2/h6-9H,3-5H2,1-2H3;1-2H3. The van der Waals surface area contributed by atoms with Gasteiger partial charge in [-0.3, -0.25) is 4.68 Å². The Morgan fingerprint density at radius 3 is 2.39 bits per heavy atom. The predicted octanol–water partition coefficient (Wildman–Crippen LogP) is 4.51. The Hall–Kier alpha value is -1.98. The number of aromatic nitrogens is 2. The minimum atomic E-state index is -4.38. The Labute approximate surface area is 134 Å². The molecule has 23 heavy (non-hydrogen) atoms. The lowest BCUT2D eigenvalue weighted by Gasteiger charge is -2.29. The Balaban J connectivity index is 0.000000924. The number of halogens is 3. The van der Waals surface area contributed by atoms with Crippen LogP contribution >= 0.6 is 0 Å². The van der Waals surface area contributed by atoms with E-state index < -0.39 is 11.7 Å². The average Bonchev–Trinajstić information content (AvgIpc) is 2.94. The summed E-state index contributed by atoms with van der Waals surface area (Å²) in [5, 5.41) is 3.98. The molecular weight excluding hydrogens is 303 g/mol. The summed E-state index contributed by atoms with van der Waals surface area (Å²) in [7, 11) is 3.53. The first-order valence-electron chi connectivity index (χ1n) is 7.80. The molecule has 1 aromatic carbocycles. The summed E-state index contributed by atoms with van der Waals surface area (Å²) in [6.07, 6.45) is 0.484. The second-order valence-corrected chi connectivity index (χ2v) is 5.45.